The summed E-state index contributed by atoms with van der Waals surface area (Å²) in [5, 5.41) is 13.0. The Bertz CT molecular complexity index is 388. The number of benzene rings is 1. The molecule has 0 amide bonds. The summed E-state index contributed by atoms with van der Waals surface area (Å²) in [5.74, 6) is 0.615. The summed E-state index contributed by atoms with van der Waals surface area (Å²) in [5.41, 5.74) is 0.895. The molecule has 0 aliphatic heterocycles. The predicted molar refractivity (Wildman–Crippen MR) is 77.2 cm³/mol. The van der Waals surface area contributed by atoms with Gasteiger partial charge in [-0.3, -0.25) is 0 Å². The molecule has 0 unspecified atom stereocenters. The molecule has 1 rings (SSSR count). The number of methoxy groups -OCH3 is 1. The Morgan fingerprint density at radius 3 is 2.74 bits per heavy atom. The lowest BCUT2D eigenvalue weighted by molar-refractivity contribution is 0.198. The number of hydrogen-bond acceptors (Lipinski definition) is 4. The van der Waals surface area contributed by atoms with E-state index in [1.807, 2.05) is 6.07 Å². The van der Waals surface area contributed by atoms with Crippen LogP contribution in [0.5, 0.6) is 5.75 Å². The molecule has 0 fully saturated rings. The first-order valence-electron chi connectivity index (χ1n) is 6.10. The van der Waals surface area contributed by atoms with Crippen LogP contribution in [0.25, 0.3) is 0 Å². The number of aliphatic hydroxyl groups excluding tert-OH is 1. The Hall–Kier alpha value is -0.520. The molecule has 0 aromatic heterocycles. The monoisotopic (exact) mass is 307 g/mol. The molecular weight excluding hydrogens is 289 g/mol. The maximum Gasteiger partial charge on any atom is 0.142 e. The van der Waals surface area contributed by atoms with Crippen LogP contribution in [0.1, 0.15) is 12.0 Å². The topological polar surface area (TPSA) is 50.7 Å². The molecule has 108 valence electrons. The minimum atomic E-state index is 0.0899. The molecule has 1 aromatic carbocycles. The largest absolute Gasteiger partial charge is 0.492 e. The van der Waals surface area contributed by atoms with Crippen molar-refractivity contribution in [2.75, 3.05) is 33.5 Å². The van der Waals surface area contributed by atoms with Crippen molar-refractivity contribution in [3.05, 3.63) is 27.7 Å². The first kappa shape index (κ1) is 16.5. The summed E-state index contributed by atoms with van der Waals surface area (Å²) in [4.78, 5) is 0. The first-order chi connectivity index (χ1) is 9.19. The van der Waals surface area contributed by atoms with E-state index in [0.29, 0.717) is 42.0 Å². The maximum atomic E-state index is 8.77. The van der Waals surface area contributed by atoms with Crippen molar-refractivity contribution in [1.82, 2.24) is 5.32 Å². The molecule has 0 aliphatic carbocycles. The molecule has 0 atom stereocenters. The van der Waals surface area contributed by atoms with Gasteiger partial charge in [-0.15, -0.1) is 0 Å². The molecule has 19 heavy (non-hydrogen) atoms. The summed E-state index contributed by atoms with van der Waals surface area (Å²) >= 11 is 12.1. The molecule has 0 bridgehead atoms. The first-order valence-corrected chi connectivity index (χ1v) is 6.86. The van der Waals surface area contributed by atoms with Gasteiger partial charge in [0.05, 0.1) is 18.2 Å². The zero-order chi connectivity index (χ0) is 14.1. The Labute approximate surface area is 123 Å². The van der Waals surface area contributed by atoms with E-state index in [4.69, 9.17) is 37.8 Å². The van der Waals surface area contributed by atoms with Crippen LogP contribution >= 0.6 is 23.2 Å². The zero-order valence-electron chi connectivity index (χ0n) is 10.9. The van der Waals surface area contributed by atoms with Gasteiger partial charge in [0.2, 0.25) is 0 Å². The number of hydrogen-bond donors (Lipinski definition) is 2. The standard InChI is InChI=1S/C13H19Cl2NO3/c1-18-6-3-16-9-10-7-11(14)8-12(15)13(10)19-5-2-4-17/h7-8,16-17H,2-6,9H2,1H3. The second kappa shape index (κ2) is 9.39. The lowest BCUT2D eigenvalue weighted by Gasteiger charge is -2.14. The molecule has 6 heteroatoms. The molecule has 1 aromatic rings. The van der Waals surface area contributed by atoms with Crippen LogP contribution in [0, 0.1) is 0 Å². The summed E-state index contributed by atoms with van der Waals surface area (Å²) in [6.45, 7) is 2.47. The highest BCUT2D eigenvalue weighted by atomic mass is 35.5. The van der Waals surface area contributed by atoms with Crippen molar-refractivity contribution in [2.24, 2.45) is 0 Å². The van der Waals surface area contributed by atoms with Crippen molar-refractivity contribution in [3.63, 3.8) is 0 Å². The fourth-order valence-electron chi connectivity index (χ4n) is 1.54. The molecular formula is C13H19Cl2NO3. The van der Waals surface area contributed by atoms with E-state index in [-0.39, 0.29) is 6.61 Å². The molecule has 4 nitrogen and oxygen atoms in total. The van der Waals surface area contributed by atoms with Crippen LogP contribution in [0.3, 0.4) is 0 Å². The molecule has 0 heterocycles. The molecule has 0 spiro atoms. The van der Waals surface area contributed by atoms with Crippen molar-refractivity contribution < 1.29 is 14.6 Å². The maximum absolute atomic E-state index is 8.77. The minimum Gasteiger partial charge on any atom is -0.492 e. The second-order valence-corrected chi connectivity index (χ2v) is 4.81. The number of ether oxygens (including phenoxy) is 2. The van der Waals surface area contributed by atoms with Crippen LogP contribution in [0.15, 0.2) is 12.1 Å². The van der Waals surface area contributed by atoms with Crippen molar-refractivity contribution in [2.45, 2.75) is 13.0 Å². The fourth-order valence-corrected chi connectivity index (χ4v) is 2.13. The number of halogens is 2. The second-order valence-electron chi connectivity index (χ2n) is 3.97. The van der Waals surface area contributed by atoms with Crippen molar-refractivity contribution in [1.29, 1.82) is 0 Å². The van der Waals surface area contributed by atoms with Gasteiger partial charge in [-0.25, -0.2) is 0 Å². The summed E-state index contributed by atoms with van der Waals surface area (Å²) < 4.78 is 10.6. The van der Waals surface area contributed by atoms with Crippen LogP contribution in [0.2, 0.25) is 10.0 Å². The van der Waals surface area contributed by atoms with E-state index < -0.39 is 0 Å². The van der Waals surface area contributed by atoms with E-state index in [1.165, 1.54) is 0 Å². The SMILES string of the molecule is COCCNCc1cc(Cl)cc(Cl)c1OCCCO. The van der Waals surface area contributed by atoms with Gasteiger partial charge in [0.15, 0.2) is 0 Å². The van der Waals surface area contributed by atoms with Gasteiger partial charge >= 0.3 is 0 Å². The third-order valence-corrected chi connectivity index (χ3v) is 2.93. The number of rotatable bonds is 9. The van der Waals surface area contributed by atoms with E-state index in [0.717, 1.165) is 12.1 Å². The quantitative estimate of drug-likeness (QED) is 0.688. The van der Waals surface area contributed by atoms with Gasteiger partial charge < -0.3 is 19.9 Å². The molecule has 0 saturated heterocycles. The number of nitrogens with one attached hydrogen (secondary N) is 1. The average Bonchev–Trinajstić information content (AvgIpc) is 2.37. The molecule has 0 radical (unpaired) electrons. The van der Waals surface area contributed by atoms with Crippen LogP contribution < -0.4 is 10.1 Å². The van der Waals surface area contributed by atoms with E-state index in [2.05, 4.69) is 5.32 Å². The minimum absolute atomic E-state index is 0.0899. The Morgan fingerprint density at radius 1 is 1.26 bits per heavy atom. The van der Waals surface area contributed by atoms with E-state index in [1.54, 1.807) is 13.2 Å². The molecule has 2 N–H and O–H groups in total. The third kappa shape index (κ3) is 5.97. The third-order valence-electron chi connectivity index (χ3n) is 2.43. The van der Waals surface area contributed by atoms with Crippen molar-refractivity contribution >= 4 is 23.2 Å². The molecule has 0 aliphatic rings. The molecule has 0 saturated carbocycles. The Balaban J connectivity index is 2.69. The van der Waals surface area contributed by atoms with E-state index >= 15 is 0 Å². The van der Waals surface area contributed by atoms with Crippen LogP contribution in [-0.4, -0.2) is 38.6 Å². The van der Waals surface area contributed by atoms with Gasteiger partial charge in [-0.05, 0) is 12.1 Å². The lowest BCUT2D eigenvalue weighted by atomic mass is 10.2. The van der Waals surface area contributed by atoms with Crippen LogP contribution in [0.4, 0.5) is 0 Å². The van der Waals surface area contributed by atoms with Crippen molar-refractivity contribution in [3.8, 4) is 5.75 Å². The zero-order valence-corrected chi connectivity index (χ0v) is 12.4. The van der Waals surface area contributed by atoms with Crippen LogP contribution in [-0.2, 0) is 11.3 Å². The smallest absolute Gasteiger partial charge is 0.142 e. The fraction of sp³-hybridized carbons (Fsp3) is 0.538. The highest BCUT2D eigenvalue weighted by molar-refractivity contribution is 6.35. The summed E-state index contributed by atoms with van der Waals surface area (Å²) in [6.07, 6.45) is 0.565. The highest BCUT2D eigenvalue weighted by Gasteiger charge is 2.10. The lowest BCUT2D eigenvalue weighted by Crippen LogP contribution is -2.19. The normalized spacial score (nSPS) is 10.7. The highest BCUT2D eigenvalue weighted by Crippen LogP contribution is 2.32. The van der Waals surface area contributed by atoms with Gasteiger partial charge in [0.1, 0.15) is 5.75 Å². The predicted octanol–water partition coefficient (Wildman–Crippen LogP) is 2.49. The Morgan fingerprint density at radius 2 is 2.05 bits per heavy atom. The summed E-state index contributed by atoms with van der Waals surface area (Å²) in [7, 11) is 1.65. The van der Waals surface area contributed by atoms with Gasteiger partial charge in [0.25, 0.3) is 0 Å². The van der Waals surface area contributed by atoms with Gasteiger partial charge in [0, 0.05) is 43.8 Å². The van der Waals surface area contributed by atoms with E-state index in [9.17, 15) is 0 Å². The number of aliphatic hydroxyl groups is 1. The summed E-state index contributed by atoms with van der Waals surface area (Å²) in [6, 6.07) is 3.47. The van der Waals surface area contributed by atoms with Gasteiger partial charge in [-0.2, -0.15) is 0 Å². The van der Waals surface area contributed by atoms with Gasteiger partial charge in [-0.1, -0.05) is 23.2 Å². The Kier molecular flexibility index (Phi) is 8.18. The average molecular weight is 308 g/mol.